The zero-order valence-corrected chi connectivity index (χ0v) is 15.2. The van der Waals surface area contributed by atoms with Crippen molar-refractivity contribution in [2.45, 2.75) is 102 Å². The van der Waals surface area contributed by atoms with Gasteiger partial charge in [0.1, 0.15) is 0 Å². The van der Waals surface area contributed by atoms with E-state index < -0.39 is 10.8 Å². The van der Waals surface area contributed by atoms with Crippen LogP contribution in [-0.4, -0.2) is 28.3 Å². The highest BCUT2D eigenvalue weighted by atomic mass is 32.2. The van der Waals surface area contributed by atoms with E-state index in [4.69, 9.17) is 0 Å². The second kappa shape index (κ2) is 12.6. The zero-order chi connectivity index (χ0) is 15.3. The van der Waals surface area contributed by atoms with E-state index in [0.29, 0.717) is 11.3 Å². The fourth-order valence-electron chi connectivity index (χ4n) is 3.45. The average molecular weight is 316 g/mol. The van der Waals surface area contributed by atoms with Crippen molar-refractivity contribution >= 4 is 10.8 Å². The quantitative estimate of drug-likeness (QED) is 0.714. The Hall–Kier alpha value is 0.110. The number of rotatable bonds is 6. The number of hydrogen-bond donors (Lipinski definition) is 1. The van der Waals surface area contributed by atoms with Crippen molar-refractivity contribution in [3.63, 3.8) is 0 Å². The maximum absolute atomic E-state index is 12.7. The summed E-state index contributed by atoms with van der Waals surface area (Å²) in [4.78, 5) is 0. The van der Waals surface area contributed by atoms with Crippen LogP contribution < -0.4 is 5.32 Å². The smallest absolute Gasteiger partial charge is 0.0501 e. The van der Waals surface area contributed by atoms with E-state index in [-0.39, 0.29) is 0 Å². The van der Waals surface area contributed by atoms with Crippen LogP contribution in [0.25, 0.3) is 0 Å². The summed E-state index contributed by atoms with van der Waals surface area (Å²) in [6.07, 6.45) is 16.8. The standard InChI is InChI=1S/C18H37NOS/c1-3-4-13-16-21(20)18-15-12-10-8-6-5-7-9-11-14-17(18)19-2/h17-19H,3-16H2,1-2H3. The Balaban J connectivity index is 2.54. The first-order valence-corrected chi connectivity index (χ1v) is 10.7. The van der Waals surface area contributed by atoms with E-state index in [1.807, 2.05) is 0 Å². The Labute approximate surface area is 135 Å². The van der Waals surface area contributed by atoms with Crippen LogP contribution in [-0.2, 0) is 10.8 Å². The van der Waals surface area contributed by atoms with Crippen molar-refractivity contribution in [1.82, 2.24) is 5.32 Å². The fourth-order valence-corrected chi connectivity index (χ4v) is 5.31. The lowest BCUT2D eigenvalue weighted by molar-refractivity contribution is 0.428. The zero-order valence-electron chi connectivity index (χ0n) is 14.4. The molecule has 126 valence electrons. The Morgan fingerprint density at radius 3 is 2.05 bits per heavy atom. The van der Waals surface area contributed by atoms with Gasteiger partial charge in [0.2, 0.25) is 0 Å². The third kappa shape index (κ3) is 8.35. The van der Waals surface area contributed by atoms with Crippen molar-refractivity contribution < 1.29 is 4.21 Å². The van der Waals surface area contributed by atoms with Gasteiger partial charge in [0.25, 0.3) is 0 Å². The Bertz CT molecular complexity index is 270. The van der Waals surface area contributed by atoms with Crippen LogP contribution in [0.4, 0.5) is 0 Å². The first-order valence-electron chi connectivity index (χ1n) is 9.34. The van der Waals surface area contributed by atoms with Gasteiger partial charge in [-0.25, -0.2) is 0 Å². The van der Waals surface area contributed by atoms with Crippen molar-refractivity contribution in [2.24, 2.45) is 0 Å². The fraction of sp³-hybridized carbons (Fsp3) is 1.00. The molecule has 0 aliphatic heterocycles. The second-order valence-electron chi connectivity index (χ2n) is 6.63. The minimum atomic E-state index is -0.643. The first kappa shape index (κ1) is 19.2. The Kier molecular flexibility index (Phi) is 11.5. The molecule has 3 unspecified atom stereocenters. The van der Waals surface area contributed by atoms with E-state index in [2.05, 4.69) is 19.3 Å². The summed E-state index contributed by atoms with van der Waals surface area (Å²) in [6, 6.07) is 0.465. The van der Waals surface area contributed by atoms with Crippen molar-refractivity contribution in [3.05, 3.63) is 0 Å². The number of nitrogens with one attached hydrogen (secondary N) is 1. The molecule has 0 spiro atoms. The molecule has 1 fully saturated rings. The van der Waals surface area contributed by atoms with Crippen LogP contribution >= 0.6 is 0 Å². The maximum atomic E-state index is 12.7. The molecule has 1 rings (SSSR count). The predicted molar refractivity (Wildman–Crippen MR) is 95.3 cm³/mol. The molecule has 0 radical (unpaired) electrons. The van der Waals surface area contributed by atoms with Gasteiger partial charge < -0.3 is 5.32 Å². The lowest BCUT2D eigenvalue weighted by Crippen LogP contribution is -2.41. The van der Waals surface area contributed by atoms with Crippen LogP contribution in [0, 0.1) is 0 Å². The van der Waals surface area contributed by atoms with Crippen molar-refractivity contribution in [3.8, 4) is 0 Å². The Morgan fingerprint density at radius 2 is 1.48 bits per heavy atom. The van der Waals surface area contributed by atoms with Crippen LogP contribution in [0.1, 0.15) is 90.4 Å². The molecule has 0 heterocycles. The molecule has 0 saturated heterocycles. The molecular weight excluding hydrogens is 278 g/mol. The molecule has 1 aliphatic rings. The summed E-state index contributed by atoms with van der Waals surface area (Å²) in [5.74, 6) is 0.913. The number of hydrogen-bond acceptors (Lipinski definition) is 2. The molecule has 0 aromatic rings. The third-order valence-corrected chi connectivity index (χ3v) is 6.79. The van der Waals surface area contributed by atoms with Crippen molar-refractivity contribution in [2.75, 3.05) is 12.8 Å². The van der Waals surface area contributed by atoms with Gasteiger partial charge >= 0.3 is 0 Å². The van der Waals surface area contributed by atoms with Crippen LogP contribution in [0.3, 0.4) is 0 Å². The van der Waals surface area contributed by atoms with Gasteiger partial charge in [0.15, 0.2) is 0 Å². The van der Waals surface area contributed by atoms with E-state index in [1.165, 1.54) is 70.6 Å². The normalized spacial score (nSPS) is 27.5. The summed E-state index contributed by atoms with van der Waals surface area (Å²) in [5, 5.41) is 3.87. The highest BCUT2D eigenvalue weighted by Gasteiger charge is 2.25. The SMILES string of the molecule is CCCCCS(=O)C1CCCCCCCCCCC1NC. The molecule has 0 aromatic heterocycles. The molecule has 21 heavy (non-hydrogen) atoms. The molecule has 1 saturated carbocycles. The predicted octanol–water partition coefficient (Wildman–Crippen LogP) is 4.80. The van der Waals surface area contributed by atoms with Gasteiger partial charge in [0, 0.05) is 22.6 Å². The van der Waals surface area contributed by atoms with Gasteiger partial charge in [0.05, 0.1) is 5.25 Å². The summed E-state index contributed by atoms with van der Waals surface area (Å²) in [5.41, 5.74) is 0. The van der Waals surface area contributed by atoms with E-state index in [0.717, 1.165) is 18.6 Å². The molecule has 3 atom stereocenters. The first-order chi connectivity index (χ1) is 10.3. The monoisotopic (exact) mass is 315 g/mol. The molecular formula is C18H37NOS. The maximum Gasteiger partial charge on any atom is 0.0501 e. The third-order valence-electron chi connectivity index (χ3n) is 4.86. The molecule has 3 heteroatoms. The molecule has 2 nitrogen and oxygen atoms in total. The van der Waals surface area contributed by atoms with Gasteiger partial charge in [-0.3, -0.25) is 4.21 Å². The lowest BCUT2D eigenvalue weighted by Gasteiger charge is -2.27. The van der Waals surface area contributed by atoms with Crippen LogP contribution in [0.5, 0.6) is 0 Å². The molecule has 0 amide bonds. The highest BCUT2D eigenvalue weighted by molar-refractivity contribution is 7.85. The van der Waals surface area contributed by atoms with Crippen molar-refractivity contribution in [1.29, 1.82) is 0 Å². The van der Waals surface area contributed by atoms with E-state index in [9.17, 15) is 4.21 Å². The van der Waals surface area contributed by atoms with Gasteiger partial charge in [-0.05, 0) is 26.3 Å². The van der Waals surface area contributed by atoms with Gasteiger partial charge in [-0.1, -0.05) is 71.1 Å². The minimum absolute atomic E-state index is 0.381. The molecule has 1 N–H and O–H groups in total. The van der Waals surface area contributed by atoms with Gasteiger partial charge in [-0.2, -0.15) is 0 Å². The number of unbranched alkanes of at least 4 members (excludes halogenated alkanes) is 2. The minimum Gasteiger partial charge on any atom is -0.316 e. The Morgan fingerprint density at radius 1 is 0.905 bits per heavy atom. The van der Waals surface area contributed by atoms with E-state index >= 15 is 0 Å². The lowest BCUT2D eigenvalue weighted by atomic mass is 9.97. The second-order valence-corrected chi connectivity index (χ2v) is 8.41. The van der Waals surface area contributed by atoms with Crippen LogP contribution in [0.2, 0.25) is 0 Å². The summed E-state index contributed by atoms with van der Waals surface area (Å²) in [7, 11) is 1.42. The molecule has 0 aromatic carbocycles. The highest BCUT2D eigenvalue weighted by Crippen LogP contribution is 2.21. The van der Waals surface area contributed by atoms with Gasteiger partial charge in [-0.15, -0.1) is 0 Å². The summed E-state index contributed by atoms with van der Waals surface area (Å²) >= 11 is 0. The summed E-state index contributed by atoms with van der Waals surface area (Å²) < 4.78 is 12.7. The summed E-state index contributed by atoms with van der Waals surface area (Å²) in [6.45, 7) is 2.22. The van der Waals surface area contributed by atoms with E-state index in [1.54, 1.807) is 0 Å². The largest absolute Gasteiger partial charge is 0.316 e. The molecule has 1 aliphatic carbocycles. The topological polar surface area (TPSA) is 29.1 Å². The average Bonchev–Trinajstić information content (AvgIpc) is 2.48. The molecule has 0 bridgehead atoms. The van der Waals surface area contributed by atoms with Crippen LogP contribution in [0.15, 0.2) is 0 Å².